The standard InChI is InChI=1S/C34H40N4O3/c1-9-19-15(4)22-12-24-17(6)21(11-3)31(37-24)29-30(34(40)41-8)33(39)28-18(7)25(38-32(28)29)14-27-20(10-2)16(5)23(36-27)13-26(19)35-22/h12-14,17,21,30,35-38H,9-11H2,1-8H3/b23-13-,24-12-,27-14+,31-29-/t17-,21-,30+/m0/s1. The fourth-order valence-electron chi connectivity index (χ4n) is 7.39. The molecule has 7 nitrogen and oxygen atoms in total. The maximum atomic E-state index is 13.9. The Labute approximate surface area is 240 Å². The summed E-state index contributed by atoms with van der Waals surface area (Å²) in [6, 6.07) is 0. The molecule has 2 aliphatic heterocycles. The maximum Gasteiger partial charge on any atom is 0.321 e. The van der Waals surface area contributed by atoms with Crippen LogP contribution in [0.15, 0.2) is 11.4 Å². The SMILES string of the molecule is CCc1c2[nH]c(c1C)/C=C1\N/C(=C3\c4[nH]c(c(C)c4C(=O)[C@@H]3C(=O)OC)/C=c3/[nH]/c(c(C)c3CC)=C\2)[C@@H](CC)[C@@H]1C. The van der Waals surface area contributed by atoms with E-state index in [0.717, 1.165) is 75.3 Å². The van der Waals surface area contributed by atoms with Crippen molar-refractivity contribution in [3.05, 3.63) is 78.2 Å². The topological polar surface area (TPSA) is 103 Å². The molecule has 3 aliphatic rings. The van der Waals surface area contributed by atoms with Gasteiger partial charge in [0.15, 0.2) is 5.78 Å². The zero-order chi connectivity index (χ0) is 29.3. The number of rotatable bonds is 4. The Morgan fingerprint density at radius 3 is 2.20 bits per heavy atom. The Kier molecular flexibility index (Phi) is 6.51. The lowest BCUT2D eigenvalue weighted by molar-refractivity contribution is -0.141. The molecule has 3 atom stereocenters. The van der Waals surface area contributed by atoms with Gasteiger partial charge >= 0.3 is 5.97 Å². The minimum Gasteiger partial charge on any atom is -0.468 e. The molecule has 0 radical (unpaired) electrons. The maximum absolute atomic E-state index is 13.9. The first-order chi connectivity index (χ1) is 19.6. The number of carbonyl (C=O) groups excluding carboxylic acids is 2. The van der Waals surface area contributed by atoms with Gasteiger partial charge in [-0.1, -0.05) is 27.7 Å². The molecule has 7 heteroatoms. The van der Waals surface area contributed by atoms with Crippen LogP contribution in [0, 0.1) is 38.5 Å². The predicted octanol–water partition coefficient (Wildman–Crippen LogP) is 4.70. The number of aromatic nitrogens is 3. The first-order valence-corrected chi connectivity index (χ1v) is 14.8. The Hall–Kier alpha value is -4.00. The molecular weight excluding hydrogens is 512 g/mol. The lowest BCUT2D eigenvalue weighted by atomic mass is 9.86. The number of H-pyrrole nitrogens is 3. The second-order valence-corrected chi connectivity index (χ2v) is 11.7. The molecule has 41 heavy (non-hydrogen) atoms. The number of fused-ring (bicyclic) bond motifs is 7. The van der Waals surface area contributed by atoms with E-state index in [1.165, 1.54) is 29.4 Å². The number of hydrogen-bond acceptors (Lipinski definition) is 4. The number of carbonyl (C=O) groups is 2. The second kappa shape index (κ2) is 9.82. The van der Waals surface area contributed by atoms with Crippen molar-refractivity contribution >= 4 is 35.6 Å². The molecule has 0 aromatic carbocycles. The number of esters is 1. The van der Waals surface area contributed by atoms with E-state index in [1.807, 2.05) is 6.92 Å². The zero-order valence-corrected chi connectivity index (χ0v) is 25.3. The number of ketones is 1. The Bertz CT molecular complexity index is 1810. The average Bonchev–Trinajstić information content (AvgIpc) is 3.69. The van der Waals surface area contributed by atoms with Crippen LogP contribution in [0.5, 0.6) is 0 Å². The fourth-order valence-corrected chi connectivity index (χ4v) is 7.39. The first kappa shape index (κ1) is 27.2. The van der Waals surface area contributed by atoms with E-state index >= 15 is 0 Å². The molecule has 214 valence electrons. The van der Waals surface area contributed by atoms with E-state index in [9.17, 15) is 9.59 Å². The number of aromatic amines is 3. The summed E-state index contributed by atoms with van der Waals surface area (Å²) < 4.78 is 5.19. The summed E-state index contributed by atoms with van der Waals surface area (Å²) >= 11 is 0. The monoisotopic (exact) mass is 552 g/mol. The molecule has 5 heterocycles. The molecule has 6 rings (SSSR count). The van der Waals surface area contributed by atoms with Crippen LogP contribution in [-0.2, 0) is 22.4 Å². The third-order valence-electron chi connectivity index (χ3n) is 9.75. The first-order valence-electron chi connectivity index (χ1n) is 14.8. The summed E-state index contributed by atoms with van der Waals surface area (Å²) in [6.07, 6.45) is 9.23. The van der Waals surface area contributed by atoms with Crippen LogP contribution in [0.4, 0.5) is 0 Å². The number of Topliss-reactive ketones (excluding diaryl/α,β-unsaturated/α-hetero) is 1. The van der Waals surface area contributed by atoms with Gasteiger partial charge in [-0.3, -0.25) is 9.59 Å². The number of nitrogens with one attached hydrogen (secondary N) is 4. The van der Waals surface area contributed by atoms with Gasteiger partial charge in [0.05, 0.1) is 12.8 Å². The minimum absolute atomic E-state index is 0.126. The van der Waals surface area contributed by atoms with Gasteiger partial charge in [0.25, 0.3) is 0 Å². The normalized spacial score (nSPS) is 25.7. The van der Waals surface area contributed by atoms with Crippen LogP contribution in [0.1, 0.15) is 95.1 Å². The number of hydrogen-bond donors (Lipinski definition) is 4. The van der Waals surface area contributed by atoms with Crippen molar-refractivity contribution in [2.75, 3.05) is 7.11 Å². The molecule has 0 unspecified atom stereocenters. The lowest BCUT2D eigenvalue weighted by Gasteiger charge is -2.18. The van der Waals surface area contributed by atoms with Gasteiger partial charge in [0.1, 0.15) is 5.92 Å². The summed E-state index contributed by atoms with van der Waals surface area (Å²) in [5.74, 6) is -1.40. The van der Waals surface area contributed by atoms with Gasteiger partial charge in [-0.05, 0) is 86.1 Å². The Morgan fingerprint density at radius 1 is 0.854 bits per heavy atom. The minimum atomic E-state index is -0.985. The molecule has 0 amide bonds. The van der Waals surface area contributed by atoms with Gasteiger partial charge in [-0.25, -0.2) is 0 Å². The highest BCUT2D eigenvalue weighted by Crippen LogP contribution is 2.47. The van der Waals surface area contributed by atoms with E-state index in [-0.39, 0.29) is 17.6 Å². The second-order valence-electron chi connectivity index (χ2n) is 11.7. The van der Waals surface area contributed by atoms with E-state index in [2.05, 4.69) is 80.0 Å². The molecule has 0 saturated carbocycles. The van der Waals surface area contributed by atoms with Crippen molar-refractivity contribution in [3.8, 4) is 0 Å². The summed E-state index contributed by atoms with van der Waals surface area (Å²) in [5, 5.41) is 5.82. The van der Waals surface area contributed by atoms with Gasteiger partial charge in [-0.2, -0.15) is 0 Å². The molecule has 4 N–H and O–H groups in total. The summed E-state index contributed by atoms with van der Waals surface area (Å²) in [4.78, 5) is 38.1. The van der Waals surface area contributed by atoms with Crippen LogP contribution in [0.25, 0.3) is 23.8 Å². The van der Waals surface area contributed by atoms with Crippen LogP contribution in [-0.4, -0.2) is 33.8 Å². The van der Waals surface area contributed by atoms with Crippen molar-refractivity contribution in [1.29, 1.82) is 0 Å². The smallest absolute Gasteiger partial charge is 0.321 e. The lowest BCUT2D eigenvalue weighted by Crippen LogP contribution is -2.25. The number of methoxy groups -OCH3 is 1. The molecule has 8 bridgehead atoms. The van der Waals surface area contributed by atoms with Crippen molar-refractivity contribution in [1.82, 2.24) is 20.3 Å². The molecule has 0 spiro atoms. The third kappa shape index (κ3) is 3.85. The van der Waals surface area contributed by atoms with Gasteiger partial charge in [-0.15, -0.1) is 0 Å². The van der Waals surface area contributed by atoms with E-state index in [1.54, 1.807) is 0 Å². The Balaban J connectivity index is 1.75. The average molecular weight is 553 g/mol. The van der Waals surface area contributed by atoms with Crippen molar-refractivity contribution in [2.24, 2.45) is 17.8 Å². The highest BCUT2D eigenvalue weighted by atomic mass is 16.5. The summed E-state index contributed by atoms with van der Waals surface area (Å²) in [6.45, 7) is 15.1. The Morgan fingerprint density at radius 2 is 1.54 bits per heavy atom. The number of allylic oxidation sites excluding steroid dienone is 2. The van der Waals surface area contributed by atoms with Crippen LogP contribution >= 0.6 is 0 Å². The van der Waals surface area contributed by atoms with E-state index < -0.39 is 11.9 Å². The van der Waals surface area contributed by atoms with Crippen molar-refractivity contribution < 1.29 is 14.3 Å². The van der Waals surface area contributed by atoms with Crippen LogP contribution in [0.3, 0.4) is 0 Å². The molecule has 3 aromatic heterocycles. The largest absolute Gasteiger partial charge is 0.468 e. The molecular formula is C34H40N4O3. The summed E-state index contributed by atoms with van der Waals surface area (Å²) in [5.41, 5.74) is 13.0. The predicted molar refractivity (Wildman–Crippen MR) is 163 cm³/mol. The van der Waals surface area contributed by atoms with Crippen LogP contribution in [0.2, 0.25) is 0 Å². The highest BCUT2D eigenvalue weighted by molar-refractivity contribution is 6.24. The summed E-state index contributed by atoms with van der Waals surface area (Å²) in [7, 11) is 1.36. The van der Waals surface area contributed by atoms with Crippen molar-refractivity contribution in [3.63, 3.8) is 0 Å². The fraction of sp³-hybridized carbons (Fsp3) is 0.412. The zero-order valence-electron chi connectivity index (χ0n) is 25.3. The third-order valence-corrected chi connectivity index (χ3v) is 9.75. The van der Waals surface area contributed by atoms with Crippen LogP contribution < -0.4 is 16.0 Å². The molecule has 1 aliphatic carbocycles. The van der Waals surface area contributed by atoms with E-state index in [4.69, 9.17) is 4.74 Å². The molecule has 1 saturated heterocycles. The van der Waals surface area contributed by atoms with Gasteiger partial charge < -0.3 is 25.0 Å². The highest BCUT2D eigenvalue weighted by Gasteiger charge is 2.48. The van der Waals surface area contributed by atoms with Gasteiger partial charge in [0, 0.05) is 62.1 Å². The van der Waals surface area contributed by atoms with Gasteiger partial charge in [0.2, 0.25) is 0 Å². The molecule has 3 aromatic rings. The quantitative estimate of drug-likeness (QED) is 0.278. The van der Waals surface area contributed by atoms with Crippen molar-refractivity contribution in [2.45, 2.75) is 67.7 Å². The van der Waals surface area contributed by atoms with E-state index in [0.29, 0.717) is 5.56 Å². The molecule has 1 fully saturated rings. The number of ether oxygens (including phenoxy) is 1.